The van der Waals surface area contributed by atoms with E-state index in [2.05, 4.69) is 10.5 Å². The molecule has 0 aliphatic carbocycles. The molecular weight excluding hydrogens is 268 g/mol. The number of amides is 1. The molecule has 1 heterocycles. The minimum atomic E-state index is -3.07. The second-order valence-corrected chi connectivity index (χ2v) is 7.25. The van der Waals surface area contributed by atoms with Crippen molar-refractivity contribution < 1.29 is 17.7 Å². The number of hydrogen-bond donors (Lipinski definition) is 1. The molecule has 0 fully saturated rings. The average Bonchev–Trinajstić information content (AvgIpc) is 2.76. The molecule has 7 heteroatoms. The molecule has 0 aliphatic rings. The zero-order chi connectivity index (χ0) is 14.5. The van der Waals surface area contributed by atoms with Crippen molar-refractivity contribution in [2.24, 2.45) is 5.92 Å². The maximum absolute atomic E-state index is 11.7. The Hall–Kier alpha value is -1.37. The van der Waals surface area contributed by atoms with Crippen molar-refractivity contribution in [1.82, 2.24) is 10.5 Å². The van der Waals surface area contributed by atoms with Crippen LogP contribution in [0, 0.1) is 5.92 Å². The van der Waals surface area contributed by atoms with Gasteiger partial charge in [-0.1, -0.05) is 25.9 Å². The number of rotatable bonds is 7. The van der Waals surface area contributed by atoms with E-state index in [4.69, 9.17) is 4.52 Å². The molecule has 0 aromatic carbocycles. The van der Waals surface area contributed by atoms with Crippen LogP contribution in [0.2, 0.25) is 0 Å². The topological polar surface area (TPSA) is 89.3 Å². The van der Waals surface area contributed by atoms with E-state index in [1.54, 1.807) is 13.0 Å². The Morgan fingerprint density at radius 3 is 2.74 bits per heavy atom. The molecule has 1 aromatic heterocycles. The van der Waals surface area contributed by atoms with Crippen LogP contribution in [-0.2, 0) is 16.3 Å². The number of carbonyl (C=O) groups is 1. The lowest BCUT2D eigenvalue weighted by Crippen LogP contribution is -2.29. The second-order valence-electron chi connectivity index (χ2n) is 4.77. The van der Waals surface area contributed by atoms with Gasteiger partial charge in [-0.25, -0.2) is 8.42 Å². The lowest BCUT2D eigenvalue weighted by molar-refractivity contribution is 0.0919. The minimum Gasteiger partial charge on any atom is -0.351 e. The maximum atomic E-state index is 11.7. The predicted molar refractivity (Wildman–Crippen MR) is 71.7 cm³/mol. The molecule has 1 amide bonds. The summed E-state index contributed by atoms with van der Waals surface area (Å²) in [5.74, 6) is 0.112. The zero-order valence-corrected chi connectivity index (χ0v) is 12.3. The molecule has 0 saturated carbocycles. The van der Waals surface area contributed by atoms with Gasteiger partial charge in [0.2, 0.25) is 5.76 Å². The number of hydrogen-bond acceptors (Lipinski definition) is 5. The van der Waals surface area contributed by atoms with Crippen LogP contribution < -0.4 is 5.32 Å². The van der Waals surface area contributed by atoms with Crippen LogP contribution in [0.5, 0.6) is 0 Å². The maximum Gasteiger partial charge on any atom is 0.289 e. The molecule has 1 rings (SSSR count). The predicted octanol–water partition coefficient (Wildman–Crippen LogP) is 1.04. The van der Waals surface area contributed by atoms with Crippen molar-refractivity contribution >= 4 is 15.7 Å². The van der Waals surface area contributed by atoms with Crippen molar-refractivity contribution in [3.05, 3.63) is 17.5 Å². The summed E-state index contributed by atoms with van der Waals surface area (Å²) >= 11 is 0. The summed E-state index contributed by atoms with van der Waals surface area (Å²) in [6.45, 7) is 5.75. The number of nitrogens with zero attached hydrogens (tertiary/aromatic N) is 1. The fourth-order valence-electron chi connectivity index (χ4n) is 1.48. The van der Waals surface area contributed by atoms with Crippen molar-refractivity contribution in [3.8, 4) is 0 Å². The first-order chi connectivity index (χ1) is 8.84. The van der Waals surface area contributed by atoms with Crippen LogP contribution in [0.15, 0.2) is 10.6 Å². The van der Waals surface area contributed by atoms with Gasteiger partial charge in [0.05, 0.1) is 11.4 Å². The molecule has 0 atom stereocenters. The fourth-order valence-corrected chi connectivity index (χ4v) is 2.19. The first kappa shape index (κ1) is 15.7. The van der Waals surface area contributed by atoms with Crippen molar-refractivity contribution in [1.29, 1.82) is 0 Å². The third-order valence-corrected chi connectivity index (χ3v) is 4.24. The highest BCUT2D eigenvalue weighted by Gasteiger charge is 2.14. The molecule has 0 aliphatic heterocycles. The lowest BCUT2D eigenvalue weighted by Gasteiger charge is -2.02. The van der Waals surface area contributed by atoms with Gasteiger partial charge in [-0.3, -0.25) is 4.79 Å². The SMILES string of the molecule is CCS(=O)(=O)CCNC(=O)c1cc(CC(C)C)no1. The summed E-state index contributed by atoms with van der Waals surface area (Å²) in [6, 6.07) is 1.59. The smallest absolute Gasteiger partial charge is 0.289 e. The van der Waals surface area contributed by atoms with E-state index in [-0.39, 0.29) is 23.8 Å². The van der Waals surface area contributed by atoms with Crippen LogP contribution in [-0.4, -0.2) is 37.5 Å². The molecule has 0 saturated heterocycles. The molecule has 0 radical (unpaired) electrons. The highest BCUT2D eigenvalue weighted by Crippen LogP contribution is 2.08. The van der Waals surface area contributed by atoms with Crippen LogP contribution in [0.25, 0.3) is 0 Å². The Balaban J connectivity index is 2.48. The summed E-state index contributed by atoms with van der Waals surface area (Å²) in [5, 5.41) is 6.30. The van der Waals surface area contributed by atoms with Crippen LogP contribution in [0.4, 0.5) is 0 Å². The Kier molecular flexibility index (Phi) is 5.53. The quantitative estimate of drug-likeness (QED) is 0.809. The zero-order valence-electron chi connectivity index (χ0n) is 11.5. The minimum absolute atomic E-state index is 0.0672. The fraction of sp³-hybridized carbons (Fsp3) is 0.667. The monoisotopic (exact) mass is 288 g/mol. The summed E-state index contributed by atoms with van der Waals surface area (Å²) in [6.07, 6.45) is 0.737. The van der Waals surface area contributed by atoms with Gasteiger partial charge in [0.25, 0.3) is 5.91 Å². The first-order valence-electron chi connectivity index (χ1n) is 6.28. The van der Waals surface area contributed by atoms with E-state index in [0.29, 0.717) is 5.92 Å². The standard InChI is InChI=1S/C12H20N2O4S/c1-4-19(16,17)6-5-13-12(15)11-8-10(14-18-11)7-9(2)3/h8-9H,4-7H2,1-3H3,(H,13,15). The number of carbonyl (C=O) groups excluding carboxylic acids is 1. The van der Waals surface area contributed by atoms with E-state index in [9.17, 15) is 13.2 Å². The van der Waals surface area contributed by atoms with Gasteiger partial charge in [0, 0.05) is 18.4 Å². The van der Waals surface area contributed by atoms with E-state index in [1.807, 2.05) is 13.8 Å². The number of nitrogens with one attached hydrogen (secondary N) is 1. The third-order valence-electron chi connectivity index (χ3n) is 2.54. The van der Waals surface area contributed by atoms with E-state index >= 15 is 0 Å². The second kappa shape index (κ2) is 6.70. The normalized spacial score (nSPS) is 11.8. The Morgan fingerprint density at radius 1 is 1.47 bits per heavy atom. The van der Waals surface area contributed by atoms with Gasteiger partial charge in [0.15, 0.2) is 9.84 Å². The Labute approximate surface area is 113 Å². The summed E-state index contributed by atoms with van der Waals surface area (Å²) in [4.78, 5) is 11.7. The summed E-state index contributed by atoms with van der Waals surface area (Å²) in [7, 11) is -3.07. The van der Waals surface area contributed by atoms with Gasteiger partial charge < -0.3 is 9.84 Å². The molecule has 0 bridgehead atoms. The molecular formula is C12H20N2O4S. The summed E-state index contributed by atoms with van der Waals surface area (Å²) in [5.41, 5.74) is 0.723. The molecule has 0 unspecified atom stereocenters. The highest BCUT2D eigenvalue weighted by molar-refractivity contribution is 7.91. The van der Waals surface area contributed by atoms with Crippen molar-refractivity contribution in [2.75, 3.05) is 18.1 Å². The van der Waals surface area contributed by atoms with Gasteiger partial charge >= 0.3 is 0 Å². The average molecular weight is 288 g/mol. The molecule has 1 aromatic rings. The van der Waals surface area contributed by atoms with Crippen LogP contribution in [0.1, 0.15) is 37.0 Å². The van der Waals surface area contributed by atoms with Gasteiger partial charge in [-0.15, -0.1) is 0 Å². The largest absolute Gasteiger partial charge is 0.351 e. The van der Waals surface area contributed by atoms with E-state index in [1.165, 1.54) is 0 Å². The first-order valence-corrected chi connectivity index (χ1v) is 8.10. The molecule has 1 N–H and O–H groups in total. The Morgan fingerprint density at radius 2 is 2.16 bits per heavy atom. The molecule has 19 heavy (non-hydrogen) atoms. The third kappa shape index (κ3) is 5.42. The Bertz CT molecular complexity index is 520. The van der Waals surface area contributed by atoms with Crippen LogP contribution >= 0.6 is 0 Å². The van der Waals surface area contributed by atoms with Crippen molar-refractivity contribution in [3.63, 3.8) is 0 Å². The number of aromatic nitrogens is 1. The van der Waals surface area contributed by atoms with E-state index in [0.717, 1.165) is 12.1 Å². The van der Waals surface area contributed by atoms with Gasteiger partial charge in [0.1, 0.15) is 0 Å². The van der Waals surface area contributed by atoms with Gasteiger partial charge in [-0.2, -0.15) is 0 Å². The van der Waals surface area contributed by atoms with E-state index < -0.39 is 15.7 Å². The van der Waals surface area contributed by atoms with Gasteiger partial charge in [-0.05, 0) is 12.3 Å². The highest BCUT2D eigenvalue weighted by atomic mass is 32.2. The van der Waals surface area contributed by atoms with Crippen molar-refractivity contribution in [2.45, 2.75) is 27.2 Å². The van der Waals surface area contributed by atoms with Crippen LogP contribution in [0.3, 0.4) is 0 Å². The number of sulfone groups is 1. The molecule has 108 valence electrons. The lowest BCUT2D eigenvalue weighted by atomic mass is 10.1. The summed E-state index contributed by atoms with van der Waals surface area (Å²) < 4.78 is 27.4. The molecule has 6 nitrogen and oxygen atoms in total. The molecule has 0 spiro atoms.